The highest BCUT2D eigenvalue weighted by molar-refractivity contribution is 7.89. The average molecular weight is 336 g/mol. The fraction of sp³-hybridized carbons (Fsp3) is 0.333. The van der Waals surface area contributed by atoms with E-state index >= 15 is 0 Å². The maximum atomic E-state index is 12.2. The van der Waals surface area contributed by atoms with E-state index in [0.717, 1.165) is 19.2 Å². The highest BCUT2D eigenvalue weighted by atomic mass is 35.5. The number of nitrogens with zero attached hydrogens (tertiary/aromatic N) is 1. The second-order valence-corrected chi connectivity index (χ2v) is 6.53. The van der Waals surface area contributed by atoms with Crippen molar-refractivity contribution in [2.75, 3.05) is 20.2 Å². The Labute approximate surface area is 127 Å². The molecule has 1 N–H and O–H groups in total. The van der Waals surface area contributed by atoms with Gasteiger partial charge in [0.25, 0.3) is 0 Å². The summed E-state index contributed by atoms with van der Waals surface area (Å²) in [7, 11) is -2.95. The summed E-state index contributed by atoms with van der Waals surface area (Å²) in [6.45, 7) is 1.04. The van der Waals surface area contributed by atoms with E-state index in [0.29, 0.717) is 4.31 Å². The minimum Gasteiger partial charge on any atom is -0.480 e. The summed E-state index contributed by atoms with van der Waals surface area (Å²) < 4.78 is 29.8. The van der Waals surface area contributed by atoms with Crippen molar-refractivity contribution < 1.29 is 27.9 Å². The molecule has 0 atom stereocenters. The number of likely N-dealkylation sites (N-methyl/N-ethyl adjacent to an activating group) is 1. The molecule has 1 aromatic rings. The third kappa shape index (κ3) is 4.42. The average Bonchev–Trinajstić information content (AvgIpc) is 2.37. The van der Waals surface area contributed by atoms with Gasteiger partial charge in [0.15, 0.2) is 0 Å². The molecule has 116 valence electrons. The Bertz CT molecular complexity index is 658. The van der Waals surface area contributed by atoms with Crippen LogP contribution < -0.4 is 0 Å². The maximum absolute atomic E-state index is 12.2. The van der Waals surface area contributed by atoms with Crippen LogP contribution in [-0.4, -0.2) is 50.0 Å². The number of benzene rings is 1. The summed E-state index contributed by atoms with van der Waals surface area (Å²) in [5.74, 6) is -2.01. The van der Waals surface area contributed by atoms with Crippen molar-refractivity contribution in [2.24, 2.45) is 0 Å². The van der Waals surface area contributed by atoms with E-state index in [2.05, 4.69) is 0 Å². The number of hydrogen-bond acceptors (Lipinski definition) is 5. The zero-order valence-corrected chi connectivity index (χ0v) is 12.9. The molecule has 0 aliphatic rings. The number of carbonyl (C=O) groups is 2. The Hall–Kier alpha value is -1.64. The maximum Gasteiger partial charge on any atom is 0.338 e. The van der Waals surface area contributed by atoms with Crippen LogP contribution in [0.2, 0.25) is 5.02 Å². The van der Waals surface area contributed by atoms with Crippen molar-refractivity contribution in [2.45, 2.75) is 11.8 Å². The summed E-state index contributed by atoms with van der Waals surface area (Å²) in [5, 5.41) is 8.69. The van der Waals surface area contributed by atoms with Gasteiger partial charge >= 0.3 is 11.9 Å². The molecule has 0 fully saturated rings. The molecule has 0 aliphatic carbocycles. The molecule has 0 saturated heterocycles. The summed E-state index contributed by atoms with van der Waals surface area (Å²) in [5.41, 5.74) is -0.0216. The van der Waals surface area contributed by atoms with Gasteiger partial charge in [0.1, 0.15) is 6.54 Å². The third-order valence-corrected chi connectivity index (χ3v) is 4.45. The van der Waals surface area contributed by atoms with Crippen LogP contribution in [0.3, 0.4) is 0 Å². The Morgan fingerprint density at radius 1 is 1.33 bits per heavy atom. The van der Waals surface area contributed by atoms with Crippen LogP contribution in [0, 0.1) is 0 Å². The molecule has 21 heavy (non-hydrogen) atoms. The molecular weight excluding hydrogens is 322 g/mol. The lowest BCUT2D eigenvalue weighted by molar-refractivity contribution is -0.137. The number of aliphatic carboxylic acids is 1. The monoisotopic (exact) mass is 335 g/mol. The fourth-order valence-electron chi connectivity index (χ4n) is 1.50. The van der Waals surface area contributed by atoms with Crippen LogP contribution in [0.15, 0.2) is 23.1 Å². The molecule has 0 amide bonds. The SMILES string of the molecule is CCOC(=O)c1cc(Cl)cc(S(=O)(=O)N(C)CC(=O)O)c1. The number of carboxylic acid groups (broad SMARTS) is 1. The first kappa shape index (κ1) is 17.4. The molecule has 1 aromatic carbocycles. The predicted molar refractivity (Wildman–Crippen MR) is 74.9 cm³/mol. The predicted octanol–water partition coefficient (Wildman–Crippen LogP) is 1.22. The smallest absolute Gasteiger partial charge is 0.338 e. The number of carbonyl (C=O) groups excluding carboxylic acids is 1. The van der Waals surface area contributed by atoms with Crippen LogP contribution in [0.25, 0.3) is 0 Å². The Kier molecular flexibility index (Phi) is 5.70. The highest BCUT2D eigenvalue weighted by Gasteiger charge is 2.24. The first-order chi connectivity index (χ1) is 9.68. The van der Waals surface area contributed by atoms with Crippen molar-refractivity contribution in [3.63, 3.8) is 0 Å². The number of ether oxygens (including phenoxy) is 1. The van der Waals surface area contributed by atoms with Gasteiger partial charge in [-0.25, -0.2) is 13.2 Å². The molecule has 0 heterocycles. The normalized spacial score (nSPS) is 11.4. The van der Waals surface area contributed by atoms with Gasteiger partial charge < -0.3 is 9.84 Å². The van der Waals surface area contributed by atoms with Gasteiger partial charge in [-0.05, 0) is 25.1 Å². The first-order valence-electron chi connectivity index (χ1n) is 5.84. The van der Waals surface area contributed by atoms with Crippen molar-refractivity contribution >= 4 is 33.6 Å². The van der Waals surface area contributed by atoms with E-state index in [1.54, 1.807) is 6.92 Å². The van der Waals surface area contributed by atoms with Crippen molar-refractivity contribution in [3.8, 4) is 0 Å². The third-order valence-electron chi connectivity index (χ3n) is 2.45. The van der Waals surface area contributed by atoms with Gasteiger partial charge in [0.2, 0.25) is 10.0 Å². The van der Waals surface area contributed by atoms with Gasteiger partial charge in [0, 0.05) is 12.1 Å². The number of rotatable bonds is 6. The molecular formula is C12H14ClNO6S. The van der Waals surface area contributed by atoms with Crippen LogP contribution >= 0.6 is 11.6 Å². The summed E-state index contributed by atoms with van der Waals surface area (Å²) in [6.07, 6.45) is 0. The van der Waals surface area contributed by atoms with E-state index in [-0.39, 0.29) is 22.1 Å². The standard InChI is InChI=1S/C12H14ClNO6S/c1-3-20-12(17)8-4-9(13)6-10(5-8)21(18,19)14(2)7-11(15)16/h4-6H,3,7H2,1-2H3,(H,15,16). The molecule has 0 spiro atoms. The zero-order valence-electron chi connectivity index (χ0n) is 11.4. The van der Waals surface area contributed by atoms with Crippen molar-refractivity contribution in [1.29, 1.82) is 0 Å². The highest BCUT2D eigenvalue weighted by Crippen LogP contribution is 2.22. The molecule has 9 heteroatoms. The number of sulfonamides is 1. The lowest BCUT2D eigenvalue weighted by Crippen LogP contribution is -2.32. The number of hydrogen-bond donors (Lipinski definition) is 1. The van der Waals surface area contributed by atoms with E-state index in [1.165, 1.54) is 6.07 Å². The lowest BCUT2D eigenvalue weighted by atomic mass is 10.2. The number of esters is 1. The zero-order chi connectivity index (χ0) is 16.2. The first-order valence-corrected chi connectivity index (χ1v) is 7.66. The van der Waals surface area contributed by atoms with Crippen LogP contribution in [-0.2, 0) is 19.6 Å². The summed E-state index contributed by atoms with van der Waals surface area (Å²) >= 11 is 5.80. The van der Waals surface area contributed by atoms with E-state index < -0.39 is 28.5 Å². The van der Waals surface area contributed by atoms with Crippen LogP contribution in [0.1, 0.15) is 17.3 Å². The Balaban J connectivity index is 3.24. The van der Waals surface area contributed by atoms with E-state index in [9.17, 15) is 18.0 Å². The Morgan fingerprint density at radius 2 is 1.95 bits per heavy atom. The fourth-order valence-corrected chi connectivity index (χ4v) is 2.99. The molecule has 7 nitrogen and oxygen atoms in total. The summed E-state index contributed by atoms with van der Waals surface area (Å²) in [6, 6.07) is 3.51. The second-order valence-electron chi connectivity index (χ2n) is 4.05. The number of halogens is 1. The largest absolute Gasteiger partial charge is 0.480 e. The molecule has 1 rings (SSSR count). The topological polar surface area (TPSA) is 101 Å². The molecule has 0 aromatic heterocycles. The second kappa shape index (κ2) is 6.88. The van der Waals surface area contributed by atoms with Gasteiger partial charge in [-0.15, -0.1) is 0 Å². The van der Waals surface area contributed by atoms with Gasteiger partial charge in [-0.2, -0.15) is 4.31 Å². The quantitative estimate of drug-likeness (QED) is 0.784. The minimum atomic E-state index is -4.07. The lowest BCUT2D eigenvalue weighted by Gasteiger charge is -2.15. The minimum absolute atomic E-state index is 0.0216. The summed E-state index contributed by atoms with van der Waals surface area (Å²) in [4.78, 5) is 22.0. The van der Waals surface area contributed by atoms with Crippen molar-refractivity contribution in [3.05, 3.63) is 28.8 Å². The molecule has 0 saturated carbocycles. The van der Waals surface area contributed by atoms with Gasteiger partial charge in [-0.1, -0.05) is 11.6 Å². The molecule has 0 aliphatic heterocycles. The van der Waals surface area contributed by atoms with Gasteiger partial charge in [-0.3, -0.25) is 4.79 Å². The van der Waals surface area contributed by atoms with Crippen molar-refractivity contribution in [1.82, 2.24) is 4.31 Å². The molecule has 0 radical (unpaired) electrons. The van der Waals surface area contributed by atoms with E-state index in [1.807, 2.05) is 0 Å². The number of carboxylic acids is 1. The van der Waals surface area contributed by atoms with Gasteiger partial charge in [0.05, 0.1) is 17.1 Å². The van der Waals surface area contributed by atoms with Crippen LogP contribution in [0.5, 0.6) is 0 Å². The molecule has 0 unspecified atom stereocenters. The Morgan fingerprint density at radius 3 is 2.48 bits per heavy atom. The van der Waals surface area contributed by atoms with E-state index in [4.69, 9.17) is 21.4 Å². The van der Waals surface area contributed by atoms with Crippen LogP contribution in [0.4, 0.5) is 0 Å². The molecule has 0 bridgehead atoms.